The summed E-state index contributed by atoms with van der Waals surface area (Å²) in [5, 5.41) is 6.83. The van der Waals surface area contributed by atoms with Gasteiger partial charge in [0, 0.05) is 25.7 Å². The van der Waals surface area contributed by atoms with E-state index in [-0.39, 0.29) is 19.2 Å². The Labute approximate surface area is 112 Å². The molecule has 0 unspecified atom stereocenters. The quantitative estimate of drug-likeness (QED) is 0.844. The molecule has 0 bridgehead atoms. The first-order valence-electron chi connectivity index (χ1n) is 5.80. The molecule has 1 fully saturated rings. The second-order valence-electron chi connectivity index (χ2n) is 4.17. The molecule has 0 radical (unpaired) electrons. The molecular formula is C12H17ClN2O3. The standard InChI is InChI=1S/C12H16N2O3.ClH/c1-15-10-4-8(9-6-13-2-3-14-9)5-11-12(10)17-7-16-11;/h4-5,9,13-14H,2-3,6-7H2,1H3;1H/t9-;/m1./s1. The molecule has 0 aromatic heterocycles. The zero-order chi connectivity index (χ0) is 11.7. The smallest absolute Gasteiger partial charge is 0.231 e. The molecule has 5 nitrogen and oxygen atoms in total. The highest BCUT2D eigenvalue weighted by Crippen LogP contribution is 2.42. The first kappa shape index (κ1) is 13.3. The average molecular weight is 273 g/mol. The van der Waals surface area contributed by atoms with Crippen LogP contribution in [-0.4, -0.2) is 33.5 Å². The molecule has 0 spiro atoms. The molecule has 1 aromatic rings. The summed E-state index contributed by atoms with van der Waals surface area (Å²) >= 11 is 0. The van der Waals surface area contributed by atoms with Crippen LogP contribution in [0.1, 0.15) is 11.6 Å². The summed E-state index contributed by atoms with van der Waals surface area (Å²) in [5.74, 6) is 2.22. The Bertz CT molecular complexity index is 422. The minimum Gasteiger partial charge on any atom is -0.493 e. The van der Waals surface area contributed by atoms with Crippen molar-refractivity contribution in [3.8, 4) is 17.2 Å². The van der Waals surface area contributed by atoms with E-state index in [0.717, 1.165) is 31.1 Å². The second kappa shape index (κ2) is 5.65. The third-order valence-electron chi connectivity index (χ3n) is 3.12. The zero-order valence-corrected chi connectivity index (χ0v) is 11.0. The largest absolute Gasteiger partial charge is 0.493 e. The maximum atomic E-state index is 5.42. The van der Waals surface area contributed by atoms with Gasteiger partial charge in [0.2, 0.25) is 12.5 Å². The van der Waals surface area contributed by atoms with Gasteiger partial charge < -0.3 is 24.8 Å². The first-order valence-corrected chi connectivity index (χ1v) is 5.80. The topological polar surface area (TPSA) is 51.8 Å². The van der Waals surface area contributed by atoms with Crippen LogP contribution >= 0.6 is 12.4 Å². The maximum absolute atomic E-state index is 5.42. The van der Waals surface area contributed by atoms with Gasteiger partial charge in [-0.05, 0) is 17.7 Å². The molecule has 1 atom stereocenters. The minimum atomic E-state index is 0. The molecule has 0 amide bonds. The highest BCUT2D eigenvalue weighted by atomic mass is 35.5. The number of ether oxygens (including phenoxy) is 3. The Kier molecular flexibility index (Phi) is 4.16. The first-order chi connectivity index (χ1) is 8.38. The van der Waals surface area contributed by atoms with Crippen molar-refractivity contribution in [3.05, 3.63) is 17.7 Å². The van der Waals surface area contributed by atoms with Crippen molar-refractivity contribution >= 4 is 12.4 Å². The Hall–Kier alpha value is -1.17. The Morgan fingerprint density at radius 3 is 2.89 bits per heavy atom. The minimum absolute atomic E-state index is 0. The van der Waals surface area contributed by atoms with Crippen LogP contribution in [0.2, 0.25) is 0 Å². The van der Waals surface area contributed by atoms with Crippen LogP contribution < -0.4 is 24.8 Å². The van der Waals surface area contributed by atoms with Crippen molar-refractivity contribution in [2.45, 2.75) is 6.04 Å². The van der Waals surface area contributed by atoms with Crippen LogP contribution in [-0.2, 0) is 0 Å². The molecule has 1 aromatic carbocycles. The molecule has 6 heteroatoms. The van der Waals surface area contributed by atoms with E-state index in [2.05, 4.69) is 10.6 Å². The van der Waals surface area contributed by atoms with Gasteiger partial charge in [-0.1, -0.05) is 0 Å². The van der Waals surface area contributed by atoms with Crippen LogP contribution in [0.5, 0.6) is 17.2 Å². The third kappa shape index (κ3) is 2.34. The van der Waals surface area contributed by atoms with E-state index < -0.39 is 0 Å². The fourth-order valence-corrected chi connectivity index (χ4v) is 2.24. The monoisotopic (exact) mass is 272 g/mol. The number of fused-ring (bicyclic) bond motifs is 1. The van der Waals surface area contributed by atoms with Crippen LogP contribution in [0, 0.1) is 0 Å². The van der Waals surface area contributed by atoms with Crippen LogP contribution in [0.4, 0.5) is 0 Å². The summed E-state index contributed by atoms with van der Waals surface area (Å²) in [7, 11) is 1.65. The van der Waals surface area contributed by atoms with E-state index >= 15 is 0 Å². The highest BCUT2D eigenvalue weighted by molar-refractivity contribution is 5.85. The summed E-state index contributed by atoms with van der Waals surface area (Å²) < 4.78 is 16.1. The Morgan fingerprint density at radius 1 is 1.28 bits per heavy atom. The van der Waals surface area contributed by atoms with Crippen LogP contribution in [0.15, 0.2) is 12.1 Å². The van der Waals surface area contributed by atoms with Crippen molar-refractivity contribution in [2.75, 3.05) is 33.5 Å². The van der Waals surface area contributed by atoms with E-state index in [0.29, 0.717) is 11.8 Å². The lowest BCUT2D eigenvalue weighted by atomic mass is 10.0. The number of rotatable bonds is 2. The Balaban J connectivity index is 0.00000120. The van der Waals surface area contributed by atoms with Gasteiger partial charge in [-0.15, -0.1) is 12.4 Å². The molecule has 1 saturated heterocycles. The molecular weight excluding hydrogens is 256 g/mol. The summed E-state index contributed by atoms with van der Waals surface area (Å²) in [4.78, 5) is 0. The van der Waals surface area contributed by atoms with Gasteiger partial charge in [-0.2, -0.15) is 0 Å². The van der Waals surface area contributed by atoms with Gasteiger partial charge in [0.25, 0.3) is 0 Å². The van der Waals surface area contributed by atoms with Crippen molar-refractivity contribution in [1.29, 1.82) is 0 Å². The Morgan fingerprint density at radius 2 is 2.17 bits per heavy atom. The van der Waals surface area contributed by atoms with Gasteiger partial charge in [-0.25, -0.2) is 0 Å². The van der Waals surface area contributed by atoms with Gasteiger partial charge in [0.15, 0.2) is 11.5 Å². The number of hydrogen-bond acceptors (Lipinski definition) is 5. The van der Waals surface area contributed by atoms with Crippen LogP contribution in [0.25, 0.3) is 0 Å². The predicted molar refractivity (Wildman–Crippen MR) is 70.0 cm³/mol. The molecule has 2 N–H and O–H groups in total. The van der Waals surface area contributed by atoms with Crippen molar-refractivity contribution < 1.29 is 14.2 Å². The molecule has 2 aliphatic heterocycles. The molecule has 0 saturated carbocycles. The number of benzene rings is 1. The lowest BCUT2D eigenvalue weighted by molar-refractivity contribution is 0.171. The van der Waals surface area contributed by atoms with E-state index in [1.54, 1.807) is 7.11 Å². The average Bonchev–Trinajstić information content (AvgIpc) is 2.86. The highest BCUT2D eigenvalue weighted by Gasteiger charge is 2.23. The second-order valence-corrected chi connectivity index (χ2v) is 4.17. The zero-order valence-electron chi connectivity index (χ0n) is 10.2. The molecule has 0 aliphatic carbocycles. The lowest BCUT2D eigenvalue weighted by Gasteiger charge is -2.25. The number of piperazine rings is 1. The molecule has 100 valence electrons. The lowest BCUT2D eigenvalue weighted by Crippen LogP contribution is -2.42. The summed E-state index contributed by atoms with van der Waals surface area (Å²) in [6.07, 6.45) is 0. The number of nitrogens with one attached hydrogen (secondary N) is 2. The van der Waals surface area contributed by atoms with Crippen molar-refractivity contribution in [2.24, 2.45) is 0 Å². The van der Waals surface area contributed by atoms with Gasteiger partial charge >= 0.3 is 0 Å². The van der Waals surface area contributed by atoms with Gasteiger partial charge in [-0.3, -0.25) is 0 Å². The summed E-state index contributed by atoms with van der Waals surface area (Å²) in [5.41, 5.74) is 1.17. The number of halogens is 1. The van der Waals surface area contributed by atoms with Gasteiger partial charge in [0.05, 0.1) is 7.11 Å². The third-order valence-corrected chi connectivity index (χ3v) is 3.12. The SMILES string of the molecule is COc1cc([C@H]2CNCCN2)cc2c1OCO2.Cl. The van der Waals surface area contributed by atoms with Crippen molar-refractivity contribution in [1.82, 2.24) is 10.6 Å². The summed E-state index contributed by atoms with van der Waals surface area (Å²) in [6.45, 7) is 3.17. The normalized spacial score (nSPS) is 21.3. The molecule has 3 rings (SSSR count). The predicted octanol–water partition coefficient (Wildman–Crippen LogP) is 1.08. The summed E-state index contributed by atoms with van der Waals surface area (Å²) in [6, 6.07) is 4.33. The fourth-order valence-electron chi connectivity index (χ4n) is 2.24. The molecule has 18 heavy (non-hydrogen) atoms. The van der Waals surface area contributed by atoms with Crippen molar-refractivity contribution in [3.63, 3.8) is 0 Å². The number of methoxy groups -OCH3 is 1. The molecule has 2 aliphatic rings. The fraction of sp³-hybridized carbons (Fsp3) is 0.500. The maximum Gasteiger partial charge on any atom is 0.231 e. The van der Waals surface area contributed by atoms with Gasteiger partial charge in [0.1, 0.15) is 0 Å². The van der Waals surface area contributed by atoms with E-state index in [9.17, 15) is 0 Å². The number of hydrogen-bond donors (Lipinski definition) is 2. The van der Waals surface area contributed by atoms with E-state index in [1.807, 2.05) is 12.1 Å². The molecule has 2 heterocycles. The van der Waals surface area contributed by atoms with E-state index in [4.69, 9.17) is 14.2 Å². The van der Waals surface area contributed by atoms with Crippen LogP contribution in [0.3, 0.4) is 0 Å². The van der Waals surface area contributed by atoms with E-state index in [1.165, 1.54) is 5.56 Å².